The van der Waals surface area contributed by atoms with Crippen LogP contribution in [0.25, 0.3) is 21.5 Å². The van der Waals surface area contributed by atoms with Gasteiger partial charge in [-0.1, -0.05) is 42.1 Å². The summed E-state index contributed by atoms with van der Waals surface area (Å²) in [5.74, 6) is 0.710. The summed E-state index contributed by atoms with van der Waals surface area (Å²) in [6, 6.07) is 19.7. The number of benzene rings is 2. The van der Waals surface area contributed by atoms with Crippen LogP contribution in [0.1, 0.15) is 11.9 Å². The Labute approximate surface area is 205 Å². The second-order valence-corrected chi connectivity index (χ2v) is 10.0. The van der Waals surface area contributed by atoms with E-state index in [2.05, 4.69) is 26.2 Å². The van der Waals surface area contributed by atoms with Crippen LogP contribution >= 0.6 is 23.1 Å². The summed E-state index contributed by atoms with van der Waals surface area (Å²) in [6.07, 6.45) is 0. The van der Waals surface area contributed by atoms with Gasteiger partial charge >= 0.3 is 0 Å². The zero-order valence-corrected chi connectivity index (χ0v) is 20.1. The molecule has 0 amide bonds. The van der Waals surface area contributed by atoms with E-state index < -0.39 is 5.25 Å². The van der Waals surface area contributed by atoms with Crippen LogP contribution in [0.3, 0.4) is 0 Å². The highest BCUT2D eigenvalue weighted by Gasteiger charge is 2.25. The summed E-state index contributed by atoms with van der Waals surface area (Å²) in [6.45, 7) is 4.58. The van der Waals surface area contributed by atoms with Gasteiger partial charge in [-0.2, -0.15) is 5.26 Å². The Morgan fingerprint density at radius 3 is 2.59 bits per heavy atom. The topological polar surface area (TPSA) is 100 Å². The van der Waals surface area contributed by atoms with Crippen LogP contribution in [0.5, 0.6) is 0 Å². The number of nitriles is 1. The number of para-hydroxylation sites is 2. The first-order valence-corrected chi connectivity index (χ1v) is 12.5. The highest BCUT2D eigenvalue weighted by Crippen LogP contribution is 2.35. The van der Waals surface area contributed by atoms with E-state index >= 15 is 0 Å². The van der Waals surface area contributed by atoms with Gasteiger partial charge in [0.1, 0.15) is 22.4 Å². The molecule has 1 fully saturated rings. The second kappa shape index (κ2) is 9.85. The molecule has 1 saturated heterocycles. The number of ether oxygens (including phenoxy) is 1. The summed E-state index contributed by atoms with van der Waals surface area (Å²) in [7, 11) is 0. The maximum Gasteiger partial charge on any atom is 0.232 e. The standard InChI is InChI=1S/C24H22N6O2S2/c1-16(21(31)18(15-25)22-26-19-9-5-6-10-20(19)34-22)33-24-28-27-23(29-11-13-32-14-12-29)30(24)17-7-3-2-4-8-17/h2-10,16,31H,11-14H2,1H3/b21-18-. The normalized spacial score (nSPS) is 15.7. The number of aromatic nitrogens is 4. The Bertz CT molecular complexity index is 1340. The molecule has 1 aliphatic heterocycles. The molecule has 34 heavy (non-hydrogen) atoms. The largest absolute Gasteiger partial charge is 0.510 e. The van der Waals surface area contributed by atoms with E-state index in [0.29, 0.717) is 23.4 Å². The zero-order chi connectivity index (χ0) is 23.5. The first kappa shape index (κ1) is 22.4. The fraction of sp³-hybridized carbons (Fsp3) is 0.250. The molecule has 3 heterocycles. The van der Waals surface area contributed by atoms with Gasteiger partial charge in [-0.3, -0.25) is 4.57 Å². The van der Waals surface area contributed by atoms with Crippen LogP contribution in [0.2, 0.25) is 0 Å². The van der Waals surface area contributed by atoms with Crippen molar-refractivity contribution < 1.29 is 9.84 Å². The quantitative estimate of drug-likeness (QED) is 0.236. The van der Waals surface area contributed by atoms with Gasteiger partial charge in [-0.15, -0.1) is 21.5 Å². The van der Waals surface area contributed by atoms with Crippen molar-refractivity contribution in [1.82, 2.24) is 19.7 Å². The van der Waals surface area contributed by atoms with Crippen molar-refractivity contribution in [2.45, 2.75) is 17.3 Å². The van der Waals surface area contributed by atoms with Gasteiger partial charge in [0.25, 0.3) is 0 Å². The third-order valence-corrected chi connectivity index (χ3v) is 7.57. The Kier molecular flexibility index (Phi) is 6.49. The Morgan fingerprint density at radius 1 is 1.12 bits per heavy atom. The number of morpholine rings is 1. The molecule has 0 saturated carbocycles. The lowest BCUT2D eigenvalue weighted by Crippen LogP contribution is -2.37. The van der Waals surface area contributed by atoms with Gasteiger partial charge in [-0.05, 0) is 31.2 Å². The number of fused-ring (bicyclic) bond motifs is 1. The van der Waals surface area contributed by atoms with Crippen LogP contribution in [-0.2, 0) is 4.74 Å². The molecule has 2 aromatic heterocycles. The molecule has 0 bridgehead atoms. The fourth-order valence-electron chi connectivity index (χ4n) is 3.72. The lowest BCUT2D eigenvalue weighted by Gasteiger charge is -2.28. The molecule has 2 aromatic carbocycles. The number of thioether (sulfide) groups is 1. The van der Waals surface area contributed by atoms with Crippen molar-refractivity contribution in [3.05, 3.63) is 65.4 Å². The predicted octanol–water partition coefficient (Wildman–Crippen LogP) is 4.69. The zero-order valence-electron chi connectivity index (χ0n) is 18.5. The van der Waals surface area contributed by atoms with E-state index in [4.69, 9.17) is 4.74 Å². The van der Waals surface area contributed by atoms with Gasteiger partial charge in [0.2, 0.25) is 5.95 Å². The molecule has 1 atom stereocenters. The van der Waals surface area contributed by atoms with Gasteiger partial charge in [0.05, 0.1) is 34.4 Å². The number of allylic oxidation sites excluding steroid dienone is 1. The number of aliphatic hydroxyl groups is 1. The number of hydrogen-bond donors (Lipinski definition) is 1. The van der Waals surface area contributed by atoms with Crippen molar-refractivity contribution in [1.29, 1.82) is 5.26 Å². The summed E-state index contributed by atoms with van der Waals surface area (Å²) in [5, 5.41) is 30.5. The Morgan fingerprint density at radius 2 is 1.85 bits per heavy atom. The van der Waals surface area contributed by atoms with E-state index in [1.165, 1.54) is 23.1 Å². The summed E-state index contributed by atoms with van der Waals surface area (Å²) >= 11 is 2.75. The summed E-state index contributed by atoms with van der Waals surface area (Å²) in [4.78, 5) is 6.69. The first-order chi connectivity index (χ1) is 16.7. The molecule has 5 rings (SSSR count). The van der Waals surface area contributed by atoms with Crippen LogP contribution < -0.4 is 4.90 Å². The Hall–Kier alpha value is -3.39. The van der Waals surface area contributed by atoms with Crippen LogP contribution in [-0.4, -0.2) is 56.4 Å². The van der Waals surface area contributed by atoms with E-state index in [0.717, 1.165) is 34.9 Å². The number of nitrogens with zero attached hydrogens (tertiary/aromatic N) is 6. The molecule has 10 heteroatoms. The number of hydrogen-bond acceptors (Lipinski definition) is 9. The minimum atomic E-state index is -0.439. The monoisotopic (exact) mass is 490 g/mol. The van der Waals surface area contributed by atoms with Crippen molar-refractivity contribution in [2.24, 2.45) is 0 Å². The fourth-order valence-corrected chi connectivity index (χ4v) is 5.62. The van der Waals surface area contributed by atoms with Crippen LogP contribution in [0, 0.1) is 11.3 Å². The molecule has 4 aromatic rings. The van der Waals surface area contributed by atoms with E-state index in [1.807, 2.05) is 66.1 Å². The molecule has 1 unspecified atom stereocenters. The predicted molar refractivity (Wildman–Crippen MR) is 134 cm³/mol. The van der Waals surface area contributed by atoms with E-state index in [9.17, 15) is 10.4 Å². The maximum atomic E-state index is 11.1. The minimum absolute atomic E-state index is 0.0258. The molecule has 0 spiro atoms. The molecule has 0 radical (unpaired) electrons. The van der Waals surface area contributed by atoms with Crippen LogP contribution in [0.15, 0.2) is 65.5 Å². The molecule has 0 aliphatic carbocycles. The van der Waals surface area contributed by atoms with Crippen LogP contribution in [0.4, 0.5) is 5.95 Å². The third-order valence-electron chi connectivity index (χ3n) is 5.47. The molecular weight excluding hydrogens is 468 g/mol. The molecule has 172 valence electrons. The molecule has 1 N–H and O–H groups in total. The minimum Gasteiger partial charge on any atom is -0.510 e. The Balaban J connectivity index is 1.49. The highest BCUT2D eigenvalue weighted by atomic mass is 32.2. The average molecular weight is 491 g/mol. The van der Waals surface area contributed by atoms with Crippen molar-refractivity contribution in [2.75, 3.05) is 31.2 Å². The molecule has 1 aliphatic rings. The second-order valence-electron chi connectivity index (χ2n) is 7.67. The van der Waals surface area contributed by atoms with E-state index in [-0.39, 0.29) is 11.3 Å². The number of anilines is 1. The van der Waals surface area contributed by atoms with E-state index in [1.54, 1.807) is 0 Å². The summed E-state index contributed by atoms with van der Waals surface area (Å²) in [5.41, 5.74) is 1.92. The van der Waals surface area contributed by atoms with Gasteiger partial charge in [0.15, 0.2) is 5.16 Å². The van der Waals surface area contributed by atoms with Gasteiger partial charge in [-0.25, -0.2) is 4.98 Å². The maximum absolute atomic E-state index is 11.1. The molecular formula is C24H22N6O2S2. The average Bonchev–Trinajstić information content (AvgIpc) is 3.49. The SMILES string of the molecule is CC(Sc1nnc(N2CCOCC2)n1-c1ccccc1)/C(O)=C(\C#N)c1nc2ccccc2s1. The van der Waals surface area contributed by atoms with Gasteiger partial charge in [0, 0.05) is 13.1 Å². The lowest BCUT2D eigenvalue weighted by atomic mass is 10.2. The third kappa shape index (κ3) is 4.37. The smallest absolute Gasteiger partial charge is 0.232 e. The lowest BCUT2D eigenvalue weighted by molar-refractivity contribution is 0.122. The number of thiazole rings is 1. The number of rotatable bonds is 6. The van der Waals surface area contributed by atoms with Crippen molar-refractivity contribution in [3.8, 4) is 11.8 Å². The van der Waals surface area contributed by atoms with Gasteiger partial charge < -0.3 is 14.7 Å². The first-order valence-electron chi connectivity index (χ1n) is 10.8. The molecule has 8 nitrogen and oxygen atoms in total. The van der Waals surface area contributed by atoms with Crippen molar-refractivity contribution >= 4 is 44.8 Å². The summed E-state index contributed by atoms with van der Waals surface area (Å²) < 4.78 is 8.45. The number of aliphatic hydroxyl groups excluding tert-OH is 1. The van der Waals surface area contributed by atoms with Crippen molar-refractivity contribution in [3.63, 3.8) is 0 Å². The highest BCUT2D eigenvalue weighted by molar-refractivity contribution is 8.00.